The number of benzene rings is 3. The number of hydrogen-bond acceptors (Lipinski definition) is 4. The number of quaternary nitrogens is 1. The van der Waals surface area contributed by atoms with E-state index in [1.807, 2.05) is 31.2 Å². The molecule has 10 nitrogen and oxygen atoms in total. The van der Waals surface area contributed by atoms with Crippen molar-refractivity contribution in [3.05, 3.63) is 89.5 Å². The van der Waals surface area contributed by atoms with Crippen LogP contribution >= 0.6 is 0 Å². The average Bonchev–Trinajstić information content (AvgIpc) is 2.91. The molecule has 3 aromatic carbocycles. The summed E-state index contributed by atoms with van der Waals surface area (Å²) in [5.74, 6) is -1.75. The van der Waals surface area contributed by atoms with E-state index < -0.39 is 12.0 Å². The Morgan fingerprint density at radius 2 is 1.46 bits per heavy atom. The Bertz CT molecular complexity index is 1290. The molecule has 10 heteroatoms. The highest BCUT2D eigenvalue weighted by atomic mass is 16.4. The van der Waals surface area contributed by atoms with Gasteiger partial charge < -0.3 is 32.1 Å². The first-order chi connectivity index (χ1) is 18.7. The Morgan fingerprint density at radius 3 is 2.10 bits per heavy atom. The number of para-hydroxylation sites is 1. The lowest BCUT2D eigenvalue weighted by Gasteiger charge is -2.18. The van der Waals surface area contributed by atoms with Crippen LogP contribution in [0.3, 0.4) is 0 Å². The standard InChI is InChI=1S/C29H33N5O5/c1-19-6-2-3-7-24(19)34-29(39)32-23-13-9-20(10-14-23)18-26(35)33-25(8-4-5-17-30)27(36)31-22-15-11-21(12-16-22)28(37)38/h2-3,6-7,9-16,25H,4-5,8,17-18,30H2,1H3,(H,31,36)(H,33,35)(H,37,38)(H2,32,34,39)/p+1/t25-/m0/s1. The van der Waals surface area contributed by atoms with Gasteiger partial charge in [-0.1, -0.05) is 30.3 Å². The molecule has 0 aliphatic heterocycles. The van der Waals surface area contributed by atoms with E-state index in [-0.39, 0.29) is 29.8 Å². The van der Waals surface area contributed by atoms with Crippen LogP contribution in [0.4, 0.5) is 21.9 Å². The fraction of sp³-hybridized carbons (Fsp3) is 0.241. The van der Waals surface area contributed by atoms with E-state index in [0.717, 1.165) is 24.1 Å². The summed E-state index contributed by atoms with van der Waals surface area (Å²) in [5.41, 5.74) is 7.33. The molecule has 3 rings (SSSR count). The second-order valence-corrected chi connectivity index (χ2v) is 9.11. The molecule has 0 bridgehead atoms. The third kappa shape index (κ3) is 9.28. The molecule has 0 saturated carbocycles. The van der Waals surface area contributed by atoms with E-state index in [1.165, 1.54) is 24.3 Å². The molecule has 8 N–H and O–H groups in total. The molecule has 0 aliphatic carbocycles. The molecule has 204 valence electrons. The highest BCUT2D eigenvalue weighted by molar-refractivity contribution is 6.00. The topological polar surface area (TPSA) is 164 Å². The minimum absolute atomic E-state index is 0.0576. The lowest BCUT2D eigenvalue weighted by molar-refractivity contribution is -0.368. The first-order valence-electron chi connectivity index (χ1n) is 12.7. The first-order valence-corrected chi connectivity index (χ1v) is 12.7. The summed E-state index contributed by atoms with van der Waals surface area (Å²) in [5, 5.41) is 20.2. The van der Waals surface area contributed by atoms with Crippen molar-refractivity contribution in [2.75, 3.05) is 22.5 Å². The van der Waals surface area contributed by atoms with Crippen LogP contribution in [-0.4, -0.2) is 41.5 Å². The number of carboxylic acid groups (broad SMARTS) is 1. The maximum absolute atomic E-state index is 12.9. The Labute approximate surface area is 227 Å². The molecule has 3 aromatic rings. The maximum atomic E-state index is 12.9. The molecule has 0 unspecified atom stereocenters. The van der Waals surface area contributed by atoms with Crippen molar-refractivity contribution in [2.45, 2.75) is 38.6 Å². The summed E-state index contributed by atoms with van der Waals surface area (Å²) in [6, 6.07) is 19.1. The van der Waals surface area contributed by atoms with Crippen LogP contribution in [0.2, 0.25) is 0 Å². The Morgan fingerprint density at radius 1 is 0.821 bits per heavy atom. The number of aromatic carboxylic acids is 1. The molecule has 0 saturated heterocycles. The highest BCUT2D eigenvalue weighted by Gasteiger charge is 2.21. The van der Waals surface area contributed by atoms with Crippen molar-refractivity contribution in [3.8, 4) is 0 Å². The molecular formula is C29H34N5O5+. The van der Waals surface area contributed by atoms with E-state index in [4.69, 9.17) is 5.11 Å². The van der Waals surface area contributed by atoms with Gasteiger partial charge in [0, 0.05) is 17.1 Å². The van der Waals surface area contributed by atoms with Crippen molar-refractivity contribution in [1.82, 2.24) is 5.32 Å². The smallest absolute Gasteiger partial charge is 0.335 e. The van der Waals surface area contributed by atoms with E-state index in [1.54, 1.807) is 24.3 Å². The van der Waals surface area contributed by atoms with Crippen molar-refractivity contribution in [3.63, 3.8) is 0 Å². The predicted octanol–water partition coefficient (Wildman–Crippen LogP) is 3.42. The lowest BCUT2D eigenvalue weighted by Crippen LogP contribution is -2.50. The molecular weight excluding hydrogens is 498 g/mol. The van der Waals surface area contributed by atoms with Crippen LogP contribution < -0.4 is 27.0 Å². The van der Waals surface area contributed by atoms with Crippen molar-refractivity contribution >= 4 is 40.9 Å². The number of amides is 4. The normalized spacial score (nSPS) is 11.2. The van der Waals surface area contributed by atoms with Gasteiger partial charge in [0.1, 0.15) is 6.04 Å². The zero-order valence-electron chi connectivity index (χ0n) is 21.8. The van der Waals surface area contributed by atoms with Gasteiger partial charge in [-0.2, -0.15) is 0 Å². The number of rotatable bonds is 12. The molecule has 0 fully saturated rings. The van der Waals surface area contributed by atoms with E-state index >= 15 is 0 Å². The first kappa shape index (κ1) is 28.9. The van der Waals surface area contributed by atoms with E-state index in [9.17, 15) is 19.2 Å². The van der Waals surface area contributed by atoms with E-state index in [0.29, 0.717) is 29.9 Å². The van der Waals surface area contributed by atoms with Gasteiger partial charge in [0.25, 0.3) is 0 Å². The van der Waals surface area contributed by atoms with Gasteiger partial charge in [-0.15, -0.1) is 0 Å². The van der Waals surface area contributed by atoms with Crippen molar-refractivity contribution in [2.24, 2.45) is 0 Å². The number of carbonyl (C=O) groups excluding carboxylic acids is 3. The Balaban J connectivity index is 1.55. The number of aryl methyl sites for hydroxylation is 1. The van der Waals surface area contributed by atoms with Gasteiger partial charge in [0.05, 0.1) is 18.5 Å². The molecule has 0 heterocycles. The van der Waals surface area contributed by atoms with Crippen LogP contribution in [0.5, 0.6) is 0 Å². The second kappa shape index (κ2) is 14.3. The maximum Gasteiger partial charge on any atom is 0.335 e. The number of anilines is 3. The highest BCUT2D eigenvalue weighted by Crippen LogP contribution is 2.16. The third-order valence-electron chi connectivity index (χ3n) is 6.01. The number of carboxylic acids is 1. The Kier molecular flexibility index (Phi) is 10.6. The molecule has 0 aromatic heterocycles. The van der Waals surface area contributed by atoms with Crippen LogP contribution in [-0.2, 0) is 16.0 Å². The molecule has 39 heavy (non-hydrogen) atoms. The zero-order chi connectivity index (χ0) is 28.2. The molecule has 0 radical (unpaired) electrons. The second-order valence-electron chi connectivity index (χ2n) is 9.11. The number of urea groups is 1. The largest absolute Gasteiger partial charge is 0.478 e. The predicted molar refractivity (Wildman–Crippen MR) is 150 cm³/mol. The summed E-state index contributed by atoms with van der Waals surface area (Å²) < 4.78 is 0. The van der Waals surface area contributed by atoms with Gasteiger partial charge >= 0.3 is 12.0 Å². The van der Waals surface area contributed by atoms with Gasteiger partial charge in [0.15, 0.2) is 0 Å². The molecule has 0 spiro atoms. The zero-order valence-corrected chi connectivity index (χ0v) is 21.8. The summed E-state index contributed by atoms with van der Waals surface area (Å²) in [7, 11) is 0. The van der Waals surface area contributed by atoms with Gasteiger partial charge in [-0.25, -0.2) is 9.59 Å². The quantitative estimate of drug-likeness (QED) is 0.197. The molecule has 1 atom stereocenters. The molecule has 0 aliphatic rings. The van der Waals surface area contributed by atoms with Gasteiger partial charge in [0.2, 0.25) is 11.8 Å². The van der Waals surface area contributed by atoms with Gasteiger partial charge in [-0.05, 0) is 79.8 Å². The summed E-state index contributed by atoms with van der Waals surface area (Å²) in [6.45, 7) is 2.63. The number of unbranched alkanes of at least 4 members (excludes halogenated alkanes) is 1. The van der Waals surface area contributed by atoms with Crippen LogP contribution in [0.1, 0.15) is 40.7 Å². The number of carbonyl (C=O) groups is 4. The average molecular weight is 533 g/mol. The van der Waals surface area contributed by atoms with Gasteiger partial charge in [-0.3, -0.25) is 9.59 Å². The fourth-order valence-electron chi connectivity index (χ4n) is 3.85. The summed E-state index contributed by atoms with van der Waals surface area (Å²) >= 11 is 0. The van der Waals surface area contributed by atoms with Crippen molar-refractivity contribution in [1.29, 1.82) is 0 Å². The summed E-state index contributed by atoms with van der Waals surface area (Å²) in [4.78, 5) is 49.0. The van der Waals surface area contributed by atoms with Crippen LogP contribution in [0, 0.1) is 6.92 Å². The SMILES string of the molecule is Cc1ccccc1NC(=O)Nc1ccc(CC(=O)N[C@@H](CCCC[NH3+])C(=O)Nc2ccc(C(=O)O)cc2)cc1. The number of hydrogen-bond donors (Lipinski definition) is 6. The van der Waals surface area contributed by atoms with E-state index in [2.05, 4.69) is 27.0 Å². The summed E-state index contributed by atoms with van der Waals surface area (Å²) in [6.07, 6.45) is 2.03. The van der Waals surface area contributed by atoms with Crippen molar-refractivity contribution < 1.29 is 30.0 Å². The number of nitrogens with one attached hydrogen (secondary N) is 4. The fourth-order valence-corrected chi connectivity index (χ4v) is 3.85. The third-order valence-corrected chi connectivity index (χ3v) is 6.01. The van der Waals surface area contributed by atoms with Crippen LogP contribution in [0.15, 0.2) is 72.8 Å². The Hall–Kier alpha value is -4.70. The van der Waals surface area contributed by atoms with Crippen LogP contribution in [0.25, 0.3) is 0 Å². The minimum atomic E-state index is -1.06. The monoisotopic (exact) mass is 532 g/mol. The lowest BCUT2D eigenvalue weighted by atomic mass is 10.1. The minimum Gasteiger partial charge on any atom is -0.478 e. The molecule has 4 amide bonds.